The van der Waals surface area contributed by atoms with Gasteiger partial charge in [0, 0.05) is 12.3 Å². The first-order chi connectivity index (χ1) is 9.48. The van der Waals surface area contributed by atoms with Crippen LogP contribution in [0.2, 0.25) is 0 Å². The Kier molecular flexibility index (Phi) is 5.48. The number of nitrogens with zero attached hydrogens (tertiary/aromatic N) is 1. The van der Waals surface area contributed by atoms with E-state index in [-0.39, 0.29) is 12.1 Å². The number of carbonyl (C=O) groups is 1. The molecule has 0 aliphatic rings. The molecule has 1 heterocycles. The van der Waals surface area contributed by atoms with E-state index >= 15 is 0 Å². The third-order valence-electron chi connectivity index (χ3n) is 2.41. The Bertz CT molecular complexity index is 706. The van der Waals surface area contributed by atoms with Crippen LogP contribution in [-0.4, -0.2) is 51.1 Å². The minimum absolute atomic E-state index is 0.132. The Labute approximate surface area is 122 Å². The van der Waals surface area contributed by atoms with Crippen LogP contribution >= 0.6 is 0 Å². The van der Waals surface area contributed by atoms with Crippen molar-refractivity contribution in [3.8, 4) is 0 Å². The molecule has 1 unspecified atom stereocenters. The van der Waals surface area contributed by atoms with E-state index in [1.807, 2.05) is 4.72 Å². The number of aliphatic carboxylic acids is 1. The first kappa shape index (κ1) is 17.6. The Balaban J connectivity index is 2.75. The van der Waals surface area contributed by atoms with Gasteiger partial charge in [0.15, 0.2) is 0 Å². The molecule has 0 fully saturated rings. The summed E-state index contributed by atoms with van der Waals surface area (Å²) in [7, 11) is -7.37. The lowest BCUT2D eigenvalue weighted by atomic mass is 10.2. The normalized spacial score (nSPS) is 14.0. The maximum absolute atomic E-state index is 11.8. The minimum Gasteiger partial charge on any atom is -0.480 e. The van der Waals surface area contributed by atoms with Crippen LogP contribution in [0.25, 0.3) is 0 Å². The van der Waals surface area contributed by atoms with Gasteiger partial charge in [-0.15, -0.1) is 0 Å². The molecule has 0 bridgehead atoms. The summed E-state index contributed by atoms with van der Waals surface area (Å²) < 4.78 is 52.4. The number of hydrogen-bond acceptors (Lipinski definition) is 7. The van der Waals surface area contributed by atoms with Gasteiger partial charge in [-0.25, -0.2) is 21.6 Å². The zero-order valence-electron chi connectivity index (χ0n) is 11.4. The number of aromatic nitrogens is 1. The number of sulfonamides is 1. The summed E-state index contributed by atoms with van der Waals surface area (Å²) in [5.41, 5.74) is 0.132. The molecule has 21 heavy (non-hydrogen) atoms. The maximum Gasteiger partial charge on any atom is 0.321 e. The number of carboxylic acid groups (broad SMARTS) is 1. The lowest BCUT2D eigenvalue weighted by Gasteiger charge is -2.13. The van der Waals surface area contributed by atoms with Gasteiger partial charge in [-0.1, -0.05) is 5.16 Å². The van der Waals surface area contributed by atoms with Crippen molar-refractivity contribution in [2.75, 3.05) is 12.0 Å². The molecular formula is C10H16N2O7S2. The fraction of sp³-hybridized carbons (Fsp3) is 0.600. The summed E-state index contributed by atoms with van der Waals surface area (Å²) in [6.07, 6.45) is 0.587. The fourth-order valence-corrected chi connectivity index (χ4v) is 3.43. The van der Waals surface area contributed by atoms with E-state index in [9.17, 15) is 21.6 Å². The van der Waals surface area contributed by atoms with Gasteiger partial charge in [-0.3, -0.25) is 4.79 Å². The SMILES string of the molecule is Cc1cc(CS(=O)(=O)NC(CCS(C)(=O)=O)C(=O)O)no1. The second-order valence-electron chi connectivity index (χ2n) is 4.62. The Morgan fingerprint density at radius 3 is 2.48 bits per heavy atom. The second-order valence-corrected chi connectivity index (χ2v) is 8.63. The largest absolute Gasteiger partial charge is 0.480 e. The van der Waals surface area contributed by atoms with Gasteiger partial charge in [0.05, 0.1) is 5.75 Å². The number of nitrogens with one attached hydrogen (secondary N) is 1. The van der Waals surface area contributed by atoms with Crippen molar-refractivity contribution in [3.05, 3.63) is 17.5 Å². The first-order valence-electron chi connectivity index (χ1n) is 5.81. The molecule has 1 rings (SSSR count). The van der Waals surface area contributed by atoms with E-state index in [2.05, 4.69) is 5.16 Å². The molecule has 0 amide bonds. The fourth-order valence-electron chi connectivity index (χ4n) is 1.50. The van der Waals surface area contributed by atoms with Gasteiger partial charge < -0.3 is 9.63 Å². The van der Waals surface area contributed by atoms with Crippen molar-refractivity contribution in [2.45, 2.75) is 25.1 Å². The van der Waals surface area contributed by atoms with Crippen LogP contribution in [0.15, 0.2) is 10.6 Å². The number of aryl methyl sites for hydroxylation is 1. The van der Waals surface area contributed by atoms with Crippen LogP contribution in [0.5, 0.6) is 0 Å². The predicted octanol–water partition coefficient (Wildman–Crippen LogP) is -0.710. The maximum atomic E-state index is 11.8. The second kappa shape index (κ2) is 6.54. The topological polar surface area (TPSA) is 144 Å². The average Bonchev–Trinajstić information content (AvgIpc) is 2.67. The number of sulfone groups is 1. The summed E-state index contributed by atoms with van der Waals surface area (Å²) in [5, 5.41) is 12.4. The van der Waals surface area contributed by atoms with Crippen molar-refractivity contribution >= 4 is 25.8 Å². The summed E-state index contributed by atoms with van der Waals surface area (Å²) in [4.78, 5) is 11.0. The quantitative estimate of drug-likeness (QED) is 0.631. The number of rotatable bonds is 8. The van der Waals surface area contributed by atoms with E-state index in [0.29, 0.717) is 5.76 Å². The van der Waals surface area contributed by atoms with E-state index in [0.717, 1.165) is 6.26 Å². The summed E-state index contributed by atoms with van der Waals surface area (Å²) >= 11 is 0. The molecule has 120 valence electrons. The van der Waals surface area contributed by atoms with Gasteiger partial charge in [-0.05, 0) is 13.3 Å². The third-order valence-corrected chi connectivity index (χ3v) is 4.71. The van der Waals surface area contributed by atoms with Gasteiger partial charge in [0.25, 0.3) is 0 Å². The molecule has 1 atom stereocenters. The highest BCUT2D eigenvalue weighted by Gasteiger charge is 2.26. The van der Waals surface area contributed by atoms with E-state index < -0.39 is 43.4 Å². The highest BCUT2D eigenvalue weighted by Crippen LogP contribution is 2.07. The van der Waals surface area contributed by atoms with Crippen LogP contribution in [0.3, 0.4) is 0 Å². The highest BCUT2D eigenvalue weighted by atomic mass is 32.2. The van der Waals surface area contributed by atoms with E-state index in [4.69, 9.17) is 9.63 Å². The standard InChI is InChI=1S/C10H16N2O7S2/c1-7-5-8(11-19-7)6-21(17,18)12-9(10(13)14)3-4-20(2,15)16/h5,9,12H,3-4,6H2,1-2H3,(H,13,14). The van der Waals surface area contributed by atoms with Crippen LogP contribution in [0.4, 0.5) is 0 Å². The van der Waals surface area contributed by atoms with Crippen molar-refractivity contribution in [1.29, 1.82) is 0 Å². The molecule has 1 aromatic heterocycles. The smallest absolute Gasteiger partial charge is 0.321 e. The lowest BCUT2D eigenvalue weighted by Crippen LogP contribution is -2.42. The molecule has 0 aliphatic heterocycles. The van der Waals surface area contributed by atoms with Gasteiger partial charge in [0.2, 0.25) is 10.0 Å². The van der Waals surface area contributed by atoms with Gasteiger partial charge in [0.1, 0.15) is 33.1 Å². The van der Waals surface area contributed by atoms with Gasteiger partial charge >= 0.3 is 5.97 Å². The monoisotopic (exact) mass is 340 g/mol. The summed E-state index contributed by atoms with van der Waals surface area (Å²) in [6.45, 7) is 1.59. The average molecular weight is 340 g/mol. The lowest BCUT2D eigenvalue weighted by molar-refractivity contribution is -0.139. The third kappa shape index (κ3) is 6.69. The molecule has 1 aromatic rings. The Hall–Kier alpha value is -1.46. The van der Waals surface area contributed by atoms with Crippen LogP contribution in [0, 0.1) is 6.92 Å². The number of hydrogen-bond donors (Lipinski definition) is 2. The molecule has 9 nitrogen and oxygen atoms in total. The molecule has 0 saturated heterocycles. The van der Waals surface area contributed by atoms with E-state index in [1.54, 1.807) is 6.92 Å². The molecule has 0 aromatic carbocycles. The Morgan fingerprint density at radius 2 is 2.05 bits per heavy atom. The van der Waals surface area contributed by atoms with Crippen molar-refractivity contribution in [3.63, 3.8) is 0 Å². The van der Waals surface area contributed by atoms with Crippen LogP contribution in [0.1, 0.15) is 17.9 Å². The first-order valence-corrected chi connectivity index (χ1v) is 9.52. The predicted molar refractivity (Wildman–Crippen MR) is 72.8 cm³/mol. The van der Waals surface area contributed by atoms with Crippen molar-refractivity contribution < 1.29 is 31.3 Å². The van der Waals surface area contributed by atoms with Crippen molar-refractivity contribution in [2.24, 2.45) is 0 Å². The number of carboxylic acids is 1. The zero-order chi connectivity index (χ0) is 16.3. The molecule has 11 heteroatoms. The molecule has 0 saturated carbocycles. The molecule has 0 radical (unpaired) electrons. The van der Waals surface area contributed by atoms with E-state index in [1.165, 1.54) is 6.07 Å². The van der Waals surface area contributed by atoms with Gasteiger partial charge in [-0.2, -0.15) is 0 Å². The molecule has 2 N–H and O–H groups in total. The van der Waals surface area contributed by atoms with Crippen LogP contribution < -0.4 is 4.72 Å². The summed E-state index contributed by atoms with van der Waals surface area (Å²) in [6, 6.07) is -0.108. The Morgan fingerprint density at radius 1 is 1.43 bits per heavy atom. The van der Waals surface area contributed by atoms with Crippen molar-refractivity contribution in [1.82, 2.24) is 9.88 Å². The zero-order valence-corrected chi connectivity index (χ0v) is 13.1. The summed E-state index contributed by atoms with van der Waals surface area (Å²) in [5.74, 6) is -2.01. The minimum atomic E-state index is -3.98. The molecular weight excluding hydrogens is 324 g/mol. The molecule has 0 aliphatic carbocycles. The highest BCUT2D eigenvalue weighted by molar-refractivity contribution is 7.90. The molecule has 0 spiro atoms. The van der Waals surface area contributed by atoms with Crippen LogP contribution in [-0.2, 0) is 30.4 Å².